The molecule has 0 aromatic carbocycles. The highest BCUT2D eigenvalue weighted by Gasteiger charge is 2.21. The van der Waals surface area contributed by atoms with E-state index in [-0.39, 0.29) is 13.1 Å². The predicted octanol–water partition coefficient (Wildman–Crippen LogP) is 3.98. The highest BCUT2D eigenvalue weighted by Crippen LogP contribution is 2.14. The van der Waals surface area contributed by atoms with Crippen molar-refractivity contribution < 1.29 is 14.9 Å². The van der Waals surface area contributed by atoms with Crippen LogP contribution in [0.2, 0.25) is 0 Å². The van der Waals surface area contributed by atoms with E-state index in [1.165, 1.54) is 51.4 Å². The summed E-state index contributed by atoms with van der Waals surface area (Å²) in [5.74, 6) is 0. The van der Waals surface area contributed by atoms with E-state index in [9.17, 15) is 15.4 Å². The molecule has 0 aliphatic heterocycles. The summed E-state index contributed by atoms with van der Waals surface area (Å²) in [4.78, 5) is 0. The first-order valence-corrected chi connectivity index (χ1v) is 9.33. The molecule has 0 saturated carbocycles. The Morgan fingerprint density at radius 3 is 1.45 bits per heavy atom. The third-order valence-corrected chi connectivity index (χ3v) is 4.11. The maximum Gasteiger partial charge on any atom is 0.104 e. The third-order valence-electron chi connectivity index (χ3n) is 4.11. The third kappa shape index (κ3) is 13.5. The Kier molecular flexibility index (Phi) is 13.2. The quantitative estimate of drug-likeness (QED) is 0.273. The molecule has 0 aromatic rings. The molecule has 0 heterocycles. The van der Waals surface area contributed by atoms with Gasteiger partial charge in [-0.15, -0.1) is 0 Å². The molecule has 0 bridgehead atoms. The van der Waals surface area contributed by atoms with Crippen molar-refractivity contribution in [3.05, 3.63) is 5.21 Å². The molecule has 0 rings (SSSR count). The number of hydroxylamine groups is 3. The molecule has 0 aromatic heterocycles. The van der Waals surface area contributed by atoms with Gasteiger partial charge in [0.15, 0.2) is 0 Å². The molecule has 2 N–H and O–H groups in total. The number of rotatable bonds is 15. The highest BCUT2D eigenvalue weighted by molar-refractivity contribution is 4.55. The monoisotopic (exact) mass is 317 g/mol. The summed E-state index contributed by atoms with van der Waals surface area (Å²) in [6.07, 6.45) is 11.2. The van der Waals surface area contributed by atoms with Gasteiger partial charge in [0.2, 0.25) is 0 Å². The lowest BCUT2D eigenvalue weighted by Crippen LogP contribution is -2.50. The second-order valence-electron chi connectivity index (χ2n) is 7.03. The van der Waals surface area contributed by atoms with Crippen LogP contribution in [-0.2, 0) is 0 Å². The number of quaternary nitrogens is 1. The highest BCUT2D eigenvalue weighted by atomic mass is 16.5. The van der Waals surface area contributed by atoms with Gasteiger partial charge in [-0.3, -0.25) is 0 Å². The minimum atomic E-state index is -0.612. The number of hydrogen-bond donors (Lipinski definition) is 2. The standard InChI is InChI=1S/C18H39NO3/c1-4-5-6-7-8-9-10-11-12-13-14-19(22,15-17(2)20)16-18(3)21/h17-18,20-21H,4-16H2,1-3H3. The zero-order chi connectivity index (χ0) is 16.8. The molecule has 2 unspecified atom stereocenters. The molecule has 0 aliphatic carbocycles. The molecule has 0 saturated heterocycles. The summed E-state index contributed by atoms with van der Waals surface area (Å²) in [5, 5.41) is 31.5. The normalized spacial score (nSPS) is 17.2. The van der Waals surface area contributed by atoms with Gasteiger partial charge in [0.25, 0.3) is 0 Å². The van der Waals surface area contributed by atoms with E-state index in [2.05, 4.69) is 6.92 Å². The van der Waals surface area contributed by atoms with Crippen LogP contribution in [0.3, 0.4) is 0 Å². The molecule has 134 valence electrons. The molecule has 0 fully saturated rings. The molecular weight excluding hydrogens is 278 g/mol. The Labute approximate surface area is 137 Å². The zero-order valence-corrected chi connectivity index (χ0v) is 15.1. The lowest BCUT2D eigenvalue weighted by Gasteiger charge is -2.44. The van der Waals surface area contributed by atoms with E-state index in [0.29, 0.717) is 6.54 Å². The van der Waals surface area contributed by atoms with Crippen LogP contribution >= 0.6 is 0 Å². The van der Waals surface area contributed by atoms with Crippen molar-refractivity contribution >= 4 is 0 Å². The van der Waals surface area contributed by atoms with Crippen LogP contribution in [-0.4, -0.2) is 46.7 Å². The molecule has 4 nitrogen and oxygen atoms in total. The fourth-order valence-corrected chi connectivity index (χ4v) is 3.11. The van der Waals surface area contributed by atoms with Gasteiger partial charge in [0, 0.05) is 0 Å². The molecule has 22 heavy (non-hydrogen) atoms. The zero-order valence-electron chi connectivity index (χ0n) is 15.1. The summed E-state index contributed by atoms with van der Waals surface area (Å²) < 4.78 is -0.466. The van der Waals surface area contributed by atoms with Gasteiger partial charge in [-0.25, -0.2) is 0 Å². The van der Waals surface area contributed by atoms with E-state index in [1.807, 2.05) is 0 Å². The van der Waals surface area contributed by atoms with Crippen LogP contribution in [0.4, 0.5) is 0 Å². The Morgan fingerprint density at radius 2 is 1.09 bits per heavy atom. The van der Waals surface area contributed by atoms with Gasteiger partial charge in [0.1, 0.15) is 25.3 Å². The van der Waals surface area contributed by atoms with E-state index in [1.54, 1.807) is 13.8 Å². The second-order valence-corrected chi connectivity index (χ2v) is 7.03. The number of aliphatic hydroxyl groups excluding tert-OH is 2. The van der Waals surface area contributed by atoms with Crippen LogP contribution in [0.15, 0.2) is 0 Å². The van der Waals surface area contributed by atoms with E-state index in [0.717, 1.165) is 12.8 Å². The Hall–Kier alpha value is -0.160. The van der Waals surface area contributed by atoms with Gasteiger partial charge < -0.3 is 20.1 Å². The molecule has 0 spiro atoms. The van der Waals surface area contributed by atoms with Crippen molar-refractivity contribution in [2.75, 3.05) is 19.6 Å². The van der Waals surface area contributed by atoms with Crippen molar-refractivity contribution in [2.45, 2.75) is 97.2 Å². The number of hydrogen-bond acceptors (Lipinski definition) is 3. The van der Waals surface area contributed by atoms with Crippen LogP contribution < -0.4 is 0 Å². The summed E-state index contributed by atoms with van der Waals surface area (Å²) >= 11 is 0. The van der Waals surface area contributed by atoms with Crippen molar-refractivity contribution in [1.82, 2.24) is 0 Å². The van der Waals surface area contributed by atoms with Gasteiger partial charge in [-0.2, -0.15) is 0 Å². The van der Waals surface area contributed by atoms with E-state index >= 15 is 0 Å². The largest absolute Gasteiger partial charge is 0.633 e. The molecule has 2 atom stereocenters. The van der Waals surface area contributed by atoms with Crippen LogP contribution in [0.1, 0.15) is 85.0 Å². The summed E-state index contributed by atoms with van der Waals surface area (Å²) in [7, 11) is 0. The minimum Gasteiger partial charge on any atom is -0.633 e. The first kappa shape index (κ1) is 21.8. The SMILES string of the molecule is CCCCCCCCCCCC[N+]([O-])(CC(C)O)CC(C)O. The Morgan fingerprint density at radius 1 is 0.727 bits per heavy atom. The predicted molar refractivity (Wildman–Crippen MR) is 93.4 cm³/mol. The fourth-order valence-electron chi connectivity index (χ4n) is 3.11. The first-order chi connectivity index (χ1) is 10.4. The Bertz CT molecular complexity index is 234. The first-order valence-electron chi connectivity index (χ1n) is 9.33. The Balaban J connectivity index is 3.67. The molecule has 0 amide bonds. The van der Waals surface area contributed by atoms with Gasteiger partial charge in [-0.05, 0) is 26.7 Å². The average Bonchev–Trinajstić information content (AvgIpc) is 2.39. The molecule has 4 heteroatoms. The van der Waals surface area contributed by atoms with Crippen molar-refractivity contribution in [2.24, 2.45) is 0 Å². The molecule has 0 radical (unpaired) electrons. The number of nitrogens with zero attached hydrogens (tertiary/aromatic N) is 1. The fraction of sp³-hybridized carbons (Fsp3) is 1.00. The molecule has 0 aliphatic rings. The smallest absolute Gasteiger partial charge is 0.104 e. The minimum absolute atomic E-state index is 0.183. The lowest BCUT2D eigenvalue weighted by molar-refractivity contribution is -0.886. The van der Waals surface area contributed by atoms with Gasteiger partial charge in [0.05, 0.1) is 6.54 Å². The lowest BCUT2D eigenvalue weighted by atomic mass is 10.1. The summed E-state index contributed by atoms with van der Waals surface area (Å²) in [6, 6.07) is 0. The van der Waals surface area contributed by atoms with E-state index in [4.69, 9.17) is 0 Å². The van der Waals surface area contributed by atoms with Gasteiger partial charge >= 0.3 is 0 Å². The van der Waals surface area contributed by atoms with Crippen LogP contribution in [0.25, 0.3) is 0 Å². The molecular formula is C18H39NO3. The van der Waals surface area contributed by atoms with Crippen molar-refractivity contribution in [3.63, 3.8) is 0 Å². The maximum atomic E-state index is 12.6. The van der Waals surface area contributed by atoms with Crippen molar-refractivity contribution in [3.8, 4) is 0 Å². The average molecular weight is 318 g/mol. The second kappa shape index (κ2) is 13.3. The summed E-state index contributed by atoms with van der Waals surface area (Å²) in [5.41, 5.74) is 0. The number of aliphatic hydroxyl groups is 2. The number of unbranched alkanes of at least 4 members (excludes halogenated alkanes) is 9. The van der Waals surface area contributed by atoms with E-state index < -0.39 is 16.9 Å². The summed E-state index contributed by atoms with van der Waals surface area (Å²) in [6.45, 7) is 6.40. The maximum absolute atomic E-state index is 12.6. The van der Waals surface area contributed by atoms with Crippen LogP contribution in [0.5, 0.6) is 0 Å². The van der Waals surface area contributed by atoms with Crippen LogP contribution in [0, 0.1) is 5.21 Å². The topological polar surface area (TPSA) is 63.5 Å². The van der Waals surface area contributed by atoms with Gasteiger partial charge in [-0.1, -0.05) is 58.3 Å². The van der Waals surface area contributed by atoms with Crippen molar-refractivity contribution in [1.29, 1.82) is 0 Å².